The van der Waals surface area contributed by atoms with Crippen LogP contribution in [0.1, 0.15) is 25.2 Å². The first-order valence-corrected chi connectivity index (χ1v) is 9.39. The SMILES string of the molecule is C=CCOc1cc(N(CC)CC)ccc1/C=C(/C#N)c1nc2ccccc2[nH]1. The summed E-state index contributed by atoms with van der Waals surface area (Å²) in [6, 6.07) is 16.0. The number of H-pyrrole nitrogens is 1. The van der Waals surface area contributed by atoms with Gasteiger partial charge in [-0.2, -0.15) is 5.26 Å². The van der Waals surface area contributed by atoms with Crippen molar-refractivity contribution < 1.29 is 4.74 Å². The van der Waals surface area contributed by atoms with Gasteiger partial charge in [0.05, 0.1) is 16.6 Å². The zero-order valence-electron chi connectivity index (χ0n) is 16.3. The Kier molecular flexibility index (Phi) is 6.13. The van der Waals surface area contributed by atoms with Gasteiger partial charge in [0.1, 0.15) is 24.3 Å². The van der Waals surface area contributed by atoms with E-state index < -0.39 is 0 Å². The average Bonchev–Trinajstić information content (AvgIpc) is 3.16. The smallest absolute Gasteiger partial charge is 0.149 e. The maximum atomic E-state index is 9.71. The Morgan fingerprint density at radius 3 is 2.71 bits per heavy atom. The van der Waals surface area contributed by atoms with Gasteiger partial charge in [-0.25, -0.2) is 4.98 Å². The second kappa shape index (κ2) is 8.92. The Labute approximate surface area is 165 Å². The quantitative estimate of drug-likeness (QED) is 0.444. The Balaban J connectivity index is 2.04. The summed E-state index contributed by atoms with van der Waals surface area (Å²) in [5.41, 5.74) is 4.10. The van der Waals surface area contributed by atoms with E-state index in [2.05, 4.69) is 41.4 Å². The molecule has 142 valence electrons. The number of ether oxygens (including phenoxy) is 1. The van der Waals surface area contributed by atoms with Gasteiger partial charge in [0.2, 0.25) is 0 Å². The zero-order chi connectivity index (χ0) is 19.9. The molecule has 0 atom stereocenters. The number of anilines is 1. The number of aromatic amines is 1. The third kappa shape index (κ3) is 4.07. The van der Waals surface area contributed by atoms with Crippen LogP contribution in [0.5, 0.6) is 5.75 Å². The molecule has 0 aliphatic carbocycles. The molecule has 0 unspecified atom stereocenters. The van der Waals surface area contributed by atoms with Crippen molar-refractivity contribution in [1.82, 2.24) is 9.97 Å². The predicted octanol–water partition coefficient (Wildman–Crippen LogP) is 5.04. The highest BCUT2D eigenvalue weighted by Gasteiger charge is 2.12. The van der Waals surface area contributed by atoms with Gasteiger partial charge < -0.3 is 14.6 Å². The number of allylic oxidation sites excluding steroid dienone is 1. The highest BCUT2D eigenvalue weighted by atomic mass is 16.5. The van der Waals surface area contributed by atoms with Crippen molar-refractivity contribution in [1.29, 1.82) is 5.26 Å². The number of nitrogens with zero attached hydrogens (tertiary/aromatic N) is 3. The molecule has 5 nitrogen and oxygen atoms in total. The second-order valence-electron chi connectivity index (χ2n) is 6.27. The van der Waals surface area contributed by atoms with Crippen molar-refractivity contribution in [3.05, 3.63) is 66.5 Å². The van der Waals surface area contributed by atoms with Gasteiger partial charge in [-0.05, 0) is 44.2 Å². The van der Waals surface area contributed by atoms with Gasteiger partial charge >= 0.3 is 0 Å². The van der Waals surface area contributed by atoms with Crippen LogP contribution >= 0.6 is 0 Å². The molecule has 3 rings (SSSR count). The summed E-state index contributed by atoms with van der Waals surface area (Å²) in [5, 5.41) is 9.71. The maximum Gasteiger partial charge on any atom is 0.149 e. The molecule has 0 fully saturated rings. The Bertz CT molecular complexity index is 1010. The number of imidazole rings is 1. The van der Waals surface area contributed by atoms with Gasteiger partial charge in [-0.15, -0.1) is 0 Å². The highest BCUT2D eigenvalue weighted by molar-refractivity contribution is 5.91. The molecule has 5 heteroatoms. The first-order valence-electron chi connectivity index (χ1n) is 9.39. The fourth-order valence-electron chi connectivity index (χ4n) is 3.09. The molecular formula is C23H24N4O. The molecule has 28 heavy (non-hydrogen) atoms. The Morgan fingerprint density at radius 1 is 1.25 bits per heavy atom. The van der Waals surface area contributed by atoms with Crippen LogP contribution in [0.3, 0.4) is 0 Å². The van der Waals surface area contributed by atoms with E-state index in [1.807, 2.05) is 48.5 Å². The third-order valence-corrected chi connectivity index (χ3v) is 4.55. The largest absolute Gasteiger partial charge is 0.489 e. The van der Waals surface area contributed by atoms with E-state index in [1.54, 1.807) is 6.08 Å². The molecule has 0 amide bonds. The van der Waals surface area contributed by atoms with Crippen molar-refractivity contribution in [3.8, 4) is 11.8 Å². The fraction of sp³-hybridized carbons (Fsp3) is 0.217. The lowest BCUT2D eigenvalue weighted by molar-refractivity contribution is 0.362. The molecule has 1 N–H and O–H groups in total. The topological polar surface area (TPSA) is 64.9 Å². The van der Waals surface area contributed by atoms with E-state index in [4.69, 9.17) is 4.74 Å². The molecule has 0 spiro atoms. The summed E-state index contributed by atoms with van der Waals surface area (Å²) in [6.45, 7) is 10.2. The first kappa shape index (κ1) is 19.2. The third-order valence-electron chi connectivity index (χ3n) is 4.55. The van der Waals surface area contributed by atoms with Gasteiger partial charge in [0.25, 0.3) is 0 Å². The molecule has 0 aliphatic heterocycles. The van der Waals surface area contributed by atoms with E-state index in [1.165, 1.54) is 0 Å². The van der Waals surface area contributed by atoms with Gasteiger partial charge in [0.15, 0.2) is 0 Å². The van der Waals surface area contributed by atoms with Crippen LogP contribution in [0.2, 0.25) is 0 Å². The van der Waals surface area contributed by atoms with Crippen LogP contribution in [0.4, 0.5) is 5.69 Å². The lowest BCUT2D eigenvalue weighted by atomic mass is 10.1. The molecule has 1 aromatic heterocycles. The molecule has 0 radical (unpaired) electrons. The number of para-hydroxylation sites is 2. The van der Waals surface area contributed by atoms with E-state index in [0.717, 1.165) is 35.4 Å². The summed E-state index contributed by atoms with van der Waals surface area (Å²) in [6.07, 6.45) is 3.52. The van der Waals surface area contributed by atoms with Crippen LogP contribution in [0.25, 0.3) is 22.7 Å². The lowest BCUT2D eigenvalue weighted by Gasteiger charge is -2.22. The van der Waals surface area contributed by atoms with Crippen LogP contribution < -0.4 is 9.64 Å². The first-order chi connectivity index (χ1) is 13.7. The summed E-state index contributed by atoms with van der Waals surface area (Å²) >= 11 is 0. The normalized spacial score (nSPS) is 11.2. The number of nitriles is 1. The minimum atomic E-state index is 0.398. The number of aromatic nitrogens is 2. The zero-order valence-corrected chi connectivity index (χ0v) is 16.3. The van der Waals surface area contributed by atoms with Gasteiger partial charge in [-0.3, -0.25) is 0 Å². The van der Waals surface area contributed by atoms with Crippen LogP contribution in [0, 0.1) is 11.3 Å². The summed E-state index contributed by atoms with van der Waals surface area (Å²) < 4.78 is 5.88. The molecular weight excluding hydrogens is 348 g/mol. The molecule has 0 saturated heterocycles. The minimum absolute atomic E-state index is 0.398. The Morgan fingerprint density at radius 2 is 2.04 bits per heavy atom. The number of hydrogen-bond acceptors (Lipinski definition) is 4. The number of rotatable bonds is 8. The fourth-order valence-corrected chi connectivity index (χ4v) is 3.09. The number of benzene rings is 2. The van der Waals surface area contributed by atoms with Crippen LogP contribution in [0.15, 0.2) is 55.1 Å². The highest BCUT2D eigenvalue weighted by Crippen LogP contribution is 2.29. The van der Waals surface area contributed by atoms with E-state index in [9.17, 15) is 5.26 Å². The van der Waals surface area contributed by atoms with Crippen molar-refractivity contribution in [2.75, 3.05) is 24.6 Å². The molecule has 0 bridgehead atoms. The monoisotopic (exact) mass is 372 g/mol. The summed E-state index contributed by atoms with van der Waals surface area (Å²) in [5.74, 6) is 1.26. The van der Waals surface area contributed by atoms with E-state index >= 15 is 0 Å². The number of nitrogens with one attached hydrogen (secondary N) is 1. The number of fused-ring (bicyclic) bond motifs is 1. The summed E-state index contributed by atoms with van der Waals surface area (Å²) in [7, 11) is 0. The molecule has 0 saturated carbocycles. The second-order valence-corrected chi connectivity index (χ2v) is 6.27. The number of hydrogen-bond donors (Lipinski definition) is 1. The molecule has 0 aliphatic rings. The van der Waals surface area contributed by atoms with E-state index in [0.29, 0.717) is 23.8 Å². The van der Waals surface area contributed by atoms with Crippen molar-refractivity contribution in [2.24, 2.45) is 0 Å². The van der Waals surface area contributed by atoms with Gasteiger partial charge in [0, 0.05) is 30.4 Å². The van der Waals surface area contributed by atoms with Crippen molar-refractivity contribution >= 4 is 28.4 Å². The van der Waals surface area contributed by atoms with Crippen LogP contribution in [-0.4, -0.2) is 29.7 Å². The van der Waals surface area contributed by atoms with Crippen molar-refractivity contribution in [2.45, 2.75) is 13.8 Å². The maximum absolute atomic E-state index is 9.71. The van der Waals surface area contributed by atoms with Gasteiger partial charge in [-0.1, -0.05) is 24.8 Å². The standard InChI is InChI=1S/C23H24N4O/c1-4-13-28-22-15-19(27(5-2)6-3)12-11-17(22)14-18(16-24)23-25-20-9-7-8-10-21(20)26-23/h4,7-12,14-15H,1,5-6,13H2,2-3H3,(H,25,26)/b18-14-. The molecule has 3 aromatic rings. The molecule has 1 heterocycles. The summed E-state index contributed by atoms with van der Waals surface area (Å²) in [4.78, 5) is 9.99. The Hall–Kier alpha value is -3.52. The minimum Gasteiger partial charge on any atom is -0.489 e. The average molecular weight is 372 g/mol. The lowest BCUT2D eigenvalue weighted by Crippen LogP contribution is -2.21. The predicted molar refractivity (Wildman–Crippen MR) is 115 cm³/mol. The van der Waals surface area contributed by atoms with Crippen LogP contribution in [-0.2, 0) is 0 Å². The molecule has 2 aromatic carbocycles. The van der Waals surface area contributed by atoms with Crippen molar-refractivity contribution in [3.63, 3.8) is 0 Å². The van der Waals surface area contributed by atoms with E-state index in [-0.39, 0.29) is 0 Å².